The summed E-state index contributed by atoms with van der Waals surface area (Å²) in [6.45, 7) is 14.3. The summed E-state index contributed by atoms with van der Waals surface area (Å²) in [4.78, 5) is 2.76. The van der Waals surface area contributed by atoms with Gasteiger partial charge in [-0.05, 0) is 50.6 Å². The molecule has 1 unspecified atom stereocenters. The molecule has 0 heterocycles. The van der Waals surface area contributed by atoms with Crippen LogP contribution < -0.4 is 5.32 Å². The van der Waals surface area contributed by atoms with E-state index in [2.05, 4.69) is 37.9 Å². The maximum Gasteiger partial charge on any atom is 0.00966 e. The van der Waals surface area contributed by atoms with E-state index in [1.807, 2.05) is 0 Å². The van der Waals surface area contributed by atoms with Crippen molar-refractivity contribution < 1.29 is 0 Å². The Labute approximate surface area is 115 Å². The first-order valence-corrected chi connectivity index (χ1v) is 8.10. The molecule has 0 amide bonds. The van der Waals surface area contributed by atoms with Gasteiger partial charge in [0.25, 0.3) is 0 Å². The summed E-state index contributed by atoms with van der Waals surface area (Å²) in [5, 5.41) is 3.62. The Morgan fingerprint density at radius 2 is 1.89 bits per heavy atom. The maximum absolute atomic E-state index is 3.62. The molecule has 108 valence electrons. The molecular weight excluding hydrogens is 220 g/mol. The number of nitrogens with one attached hydrogen (secondary N) is 1. The second kappa shape index (κ2) is 8.16. The molecule has 1 aliphatic carbocycles. The lowest BCUT2D eigenvalue weighted by atomic mass is 9.86. The van der Waals surface area contributed by atoms with Crippen molar-refractivity contribution in [3.05, 3.63) is 0 Å². The van der Waals surface area contributed by atoms with Crippen molar-refractivity contribution in [2.75, 3.05) is 26.2 Å². The van der Waals surface area contributed by atoms with Gasteiger partial charge in [0.05, 0.1) is 0 Å². The van der Waals surface area contributed by atoms with Gasteiger partial charge in [-0.25, -0.2) is 0 Å². The standard InChI is InChI=1S/C16H34N2/c1-5-8-12-18(15-9-10-15)14-16(4,7-3)13-17-11-6-2/h15,17H,5-14H2,1-4H3. The van der Waals surface area contributed by atoms with Gasteiger partial charge < -0.3 is 5.32 Å². The van der Waals surface area contributed by atoms with Crippen molar-refractivity contribution >= 4 is 0 Å². The molecule has 1 atom stereocenters. The highest BCUT2D eigenvalue weighted by Crippen LogP contribution is 2.31. The van der Waals surface area contributed by atoms with Gasteiger partial charge >= 0.3 is 0 Å². The van der Waals surface area contributed by atoms with E-state index in [1.54, 1.807) is 0 Å². The Balaban J connectivity index is 2.41. The van der Waals surface area contributed by atoms with Gasteiger partial charge in [-0.1, -0.05) is 34.1 Å². The van der Waals surface area contributed by atoms with Crippen LogP contribution in [0.1, 0.15) is 66.2 Å². The van der Waals surface area contributed by atoms with Crippen molar-refractivity contribution in [1.29, 1.82) is 0 Å². The van der Waals surface area contributed by atoms with Crippen molar-refractivity contribution in [2.45, 2.75) is 72.3 Å². The molecule has 1 rings (SSSR count). The van der Waals surface area contributed by atoms with E-state index >= 15 is 0 Å². The minimum absolute atomic E-state index is 0.450. The molecule has 0 aliphatic heterocycles. The topological polar surface area (TPSA) is 15.3 Å². The highest BCUT2D eigenvalue weighted by atomic mass is 15.2. The van der Waals surface area contributed by atoms with Gasteiger partial charge in [0.2, 0.25) is 0 Å². The van der Waals surface area contributed by atoms with E-state index in [1.165, 1.54) is 58.2 Å². The smallest absolute Gasteiger partial charge is 0.00966 e. The molecule has 2 heteroatoms. The highest BCUT2D eigenvalue weighted by molar-refractivity contribution is 4.89. The second-order valence-electron chi connectivity index (χ2n) is 6.40. The normalized spacial score (nSPS) is 19.2. The van der Waals surface area contributed by atoms with Gasteiger partial charge in [-0.2, -0.15) is 0 Å². The van der Waals surface area contributed by atoms with Gasteiger partial charge in [0, 0.05) is 19.1 Å². The van der Waals surface area contributed by atoms with Crippen LogP contribution in [-0.4, -0.2) is 37.1 Å². The Morgan fingerprint density at radius 3 is 2.39 bits per heavy atom. The zero-order valence-corrected chi connectivity index (χ0v) is 13.1. The van der Waals surface area contributed by atoms with Crippen LogP contribution in [0.2, 0.25) is 0 Å². The molecule has 18 heavy (non-hydrogen) atoms. The first-order chi connectivity index (χ1) is 8.65. The van der Waals surface area contributed by atoms with Crippen LogP contribution in [-0.2, 0) is 0 Å². The fourth-order valence-electron chi connectivity index (χ4n) is 2.54. The van der Waals surface area contributed by atoms with Crippen molar-refractivity contribution in [3.63, 3.8) is 0 Å². The van der Waals surface area contributed by atoms with E-state index < -0.39 is 0 Å². The lowest BCUT2D eigenvalue weighted by Crippen LogP contribution is -2.43. The molecule has 0 aromatic rings. The average Bonchev–Trinajstić information content (AvgIpc) is 3.19. The lowest BCUT2D eigenvalue weighted by molar-refractivity contribution is 0.146. The molecule has 0 aromatic heterocycles. The van der Waals surface area contributed by atoms with Crippen LogP contribution in [0, 0.1) is 5.41 Å². The SMILES string of the molecule is CCCCN(CC(C)(CC)CNCCC)C1CC1. The summed E-state index contributed by atoms with van der Waals surface area (Å²) in [7, 11) is 0. The molecule has 0 bridgehead atoms. The molecule has 0 spiro atoms. The molecule has 1 N–H and O–H groups in total. The monoisotopic (exact) mass is 254 g/mol. The fraction of sp³-hybridized carbons (Fsp3) is 1.00. The minimum Gasteiger partial charge on any atom is -0.316 e. The van der Waals surface area contributed by atoms with Gasteiger partial charge in [0.15, 0.2) is 0 Å². The van der Waals surface area contributed by atoms with E-state index in [0.717, 1.165) is 12.6 Å². The first kappa shape index (κ1) is 16.0. The average molecular weight is 254 g/mol. The highest BCUT2D eigenvalue weighted by Gasteiger charge is 2.33. The molecular formula is C16H34N2. The third-order valence-corrected chi connectivity index (χ3v) is 4.28. The van der Waals surface area contributed by atoms with E-state index in [-0.39, 0.29) is 0 Å². The van der Waals surface area contributed by atoms with Crippen molar-refractivity contribution in [1.82, 2.24) is 10.2 Å². The quantitative estimate of drug-likeness (QED) is 0.566. The number of hydrogen-bond acceptors (Lipinski definition) is 2. The van der Waals surface area contributed by atoms with Gasteiger partial charge in [-0.3, -0.25) is 4.90 Å². The van der Waals surface area contributed by atoms with Gasteiger partial charge in [0.1, 0.15) is 0 Å². The minimum atomic E-state index is 0.450. The molecule has 1 saturated carbocycles. The summed E-state index contributed by atoms with van der Waals surface area (Å²) in [6.07, 6.45) is 8.07. The summed E-state index contributed by atoms with van der Waals surface area (Å²) >= 11 is 0. The number of hydrogen-bond donors (Lipinski definition) is 1. The molecule has 0 saturated heterocycles. The number of unbranched alkanes of at least 4 members (excludes halogenated alkanes) is 1. The molecule has 1 aliphatic rings. The Kier molecular flexibility index (Phi) is 7.25. The van der Waals surface area contributed by atoms with Crippen LogP contribution in [0.3, 0.4) is 0 Å². The third kappa shape index (κ3) is 5.71. The van der Waals surface area contributed by atoms with Crippen LogP contribution in [0.15, 0.2) is 0 Å². The fourth-order valence-corrected chi connectivity index (χ4v) is 2.54. The summed E-state index contributed by atoms with van der Waals surface area (Å²) in [5.74, 6) is 0. The largest absolute Gasteiger partial charge is 0.316 e. The van der Waals surface area contributed by atoms with E-state index in [9.17, 15) is 0 Å². The Morgan fingerprint density at radius 1 is 1.17 bits per heavy atom. The Hall–Kier alpha value is -0.0800. The first-order valence-electron chi connectivity index (χ1n) is 8.10. The predicted molar refractivity (Wildman–Crippen MR) is 81.1 cm³/mol. The van der Waals surface area contributed by atoms with Crippen LogP contribution in [0.25, 0.3) is 0 Å². The predicted octanol–water partition coefficient (Wildman–Crippen LogP) is 3.67. The Bertz CT molecular complexity index is 213. The molecule has 2 nitrogen and oxygen atoms in total. The van der Waals surface area contributed by atoms with Crippen LogP contribution in [0.4, 0.5) is 0 Å². The zero-order chi connectivity index (χ0) is 13.4. The maximum atomic E-state index is 3.62. The molecule has 0 radical (unpaired) electrons. The van der Waals surface area contributed by atoms with Gasteiger partial charge in [-0.15, -0.1) is 0 Å². The summed E-state index contributed by atoms with van der Waals surface area (Å²) in [6, 6.07) is 0.911. The molecule has 1 fully saturated rings. The van der Waals surface area contributed by atoms with Crippen molar-refractivity contribution in [3.8, 4) is 0 Å². The van der Waals surface area contributed by atoms with E-state index in [0.29, 0.717) is 5.41 Å². The zero-order valence-electron chi connectivity index (χ0n) is 13.1. The second-order valence-corrected chi connectivity index (χ2v) is 6.40. The number of nitrogens with zero attached hydrogens (tertiary/aromatic N) is 1. The lowest BCUT2D eigenvalue weighted by Gasteiger charge is -2.35. The number of rotatable bonds is 11. The third-order valence-electron chi connectivity index (χ3n) is 4.28. The van der Waals surface area contributed by atoms with E-state index in [4.69, 9.17) is 0 Å². The van der Waals surface area contributed by atoms with Crippen LogP contribution >= 0.6 is 0 Å². The summed E-state index contributed by atoms with van der Waals surface area (Å²) < 4.78 is 0. The van der Waals surface area contributed by atoms with Crippen LogP contribution in [0.5, 0.6) is 0 Å². The van der Waals surface area contributed by atoms with Crippen molar-refractivity contribution in [2.24, 2.45) is 5.41 Å². The molecule has 0 aromatic carbocycles. The summed E-state index contributed by atoms with van der Waals surface area (Å²) in [5.41, 5.74) is 0.450.